The van der Waals surface area contributed by atoms with Crippen LogP contribution >= 0.6 is 15.9 Å². The van der Waals surface area contributed by atoms with E-state index in [4.69, 9.17) is 4.74 Å². The zero-order valence-electron chi connectivity index (χ0n) is 7.97. The van der Waals surface area contributed by atoms with Gasteiger partial charge in [-0.1, -0.05) is 0 Å². The molecular formula is C8H8BrF3N2O2. The van der Waals surface area contributed by atoms with E-state index in [0.717, 1.165) is 6.33 Å². The SMILES string of the molecule is O=c1[nH]cnc(OCCCC(F)(F)F)c1Br. The van der Waals surface area contributed by atoms with Crippen molar-refractivity contribution in [3.63, 3.8) is 0 Å². The Morgan fingerprint density at radius 2 is 2.19 bits per heavy atom. The first-order chi connectivity index (χ1) is 7.40. The highest BCUT2D eigenvalue weighted by Gasteiger charge is 2.26. The number of aromatic amines is 1. The van der Waals surface area contributed by atoms with Crippen molar-refractivity contribution in [2.45, 2.75) is 19.0 Å². The summed E-state index contributed by atoms with van der Waals surface area (Å²) in [7, 11) is 0. The Morgan fingerprint density at radius 3 is 2.81 bits per heavy atom. The normalized spacial score (nSPS) is 11.5. The second-order valence-electron chi connectivity index (χ2n) is 2.92. The minimum Gasteiger partial charge on any atom is -0.477 e. The van der Waals surface area contributed by atoms with E-state index < -0.39 is 18.2 Å². The molecule has 1 rings (SSSR count). The summed E-state index contributed by atoms with van der Waals surface area (Å²) in [5, 5.41) is 0. The largest absolute Gasteiger partial charge is 0.477 e. The fourth-order valence-electron chi connectivity index (χ4n) is 0.909. The number of ether oxygens (including phenoxy) is 1. The van der Waals surface area contributed by atoms with Gasteiger partial charge in [-0.15, -0.1) is 0 Å². The van der Waals surface area contributed by atoms with Crippen molar-refractivity contribution in [3.8, 4) is 5.88 Å². The molecule has 4 nitrogen and oxygen atoms in total. The standard InChI is InChI=1S/C8H8BrF3N2O2/c9-5-6(15)13-4-14-7(5)16-3-1-2-8(10,11)12/h4H,1-3H2,(H,13,14,15). The number of rotatable bonds is 4. The maximum Gasteiger partial charge on any atom is 0.389 e. The summed E-state index contributed by atoms with van der Waals surface area (Å²) < 4.78 is 40.4. The molecule has 0 atom stereocenters. The van der Waals surface area contributed by atoms with Crippen molar-refractivity contribution in [2.75, 3.05) is 6.61 Å². The molecule has 0 unspecified atom stereocenters. The highest BCUT2D eigenvalue weighted by Crippen LogP contribution is 2.22. The minimum atomic E-state index is -4.19. The van der Waals surface area contributed by atoms with E-state index in [2.05, 4.69) is 25.9 Å². The molecule has 8 heteroatoms. The first-order valence-corrected chi connectivity index (χ1v) is 5.12. The molecular weight excluding hydrogens is 293 g/mol. The lowest BCUT2D eigenvalue weighted by atomic mass is 10.3. The van der Waals surface area contributed by atoms with Crippen LogP contribution in [0.5, 0.6) is 5.88 Å². The van der Waals surface area contributed by atoms with Gasteiger partial charge in [0.05, 0.1) is 12.9 Å². The van der Waals surface area contributed by atoms with E-state index in [-0.39, 0.29) is 23.4 Å². The Bertz CT molecular complexity index is 405. The van der Waals surface area contributed by atoms with Crippen molar-refractivity contribution in [2.24, 2.45) is 0 Å². The molecule has 1 aromatic rings. The summed E-state index contributed by atoms with van der Waals surface area (Å²) in [6.45, 7) is -0.144. The van der Waals surface area contributed by atoms with E-state index in [1.807, 2.05) is 0 Å². The number of H-pyrrole nitrogens is 1. The van der Waals surface area contributed by atoms with Crippen molar-refractivity contribution in [1.82, 2.24) is 9.97 Å². The number of aromatic nitrogens is 2. The third-order valence-corrected chi connectivity index (χ3v) is 2.31. The van der Waals surface area contributed by atoms with Crippen LogP contribution < -0.4 is 10.3 Å². The van der Waals surface area contributed by atoms with Crippen LogP contribution in [0.3, 0.4) is 0 Å². The molecule has 1 aromatic heterocycles. The summed E-state index contributed by atoms with van der Waals surface area (Å²) >= 11 is 2.92. The van der Waals surface area contributed by atoms with Crippen LogP contribution in [0, 0.1) is 0 Å². The quantitative estimate of drug-likeness (QED) is 0.868. The summed E-state index contributed by atoms with van der Waals surface area (Å²) in [6.07, 6.45) is -4.17. The molecule has 0 radical (unpaired) electrons. The summed E-state index contributed by atoms with van der Waals surface area (Å²) in [5.74, 6) is -0.00840. The molecule has 16 heavy (non-hydrogen) atoms. The van der Waals surface area contributed by atoms with E-state index in [1.54, 1.807) is 0 Å². The van der Waals surface area contributed by atoms with Gasteiger partial charge in [-0.05, 0) is 22.4 Å². The predicted molar refractivity (Wildman–Crippen MR) is 53.3 cm³/mol. The van der Waals surface area contributed by atoms with Crippen LogP contribution in [-0.2, 0) is 0 Å². The van der Waals surface area contributed by atoms with Crippen molar-refractivity contribution in [1.29, 1.82) is 0 Å². The van der Waals surface area contributed by atoms with Crippen molar-refractivity contribution >= 4 is 15.9 Å². The number of nitrogens with zero attached hydrogens (tertiary/aromatic N) is 1. The van der Waals surface area contributed by atoms with Gasteiger partial charge in [0.25, 0.3) is 5.56 Å². The van der Waals surface area contributed by atoms with Crippen LogP contribution in [0.4, 0.5) is 13.2 Å². The van der Waals surface area contributed by atoms with Gasteiger partial charge in [0.15, 0.2) is 0 Å². The Kier molecular flexibility index (Phi) is 4.34. The van der Waals surface area contributed by atoms with Crippen molar-refractivity contribution < 1.29 is 17.9 Å². The lowest BCUT2D eigenvalue weighted by Gasteiger charge is -2.07. The first kappa shape index (κ1) is 13.0. The number of halogens is 4. The smallest absolute Gasteiger partial charge is 0.389 e. The molecule has 1 heterocycles. The lowest BCUT2D eigenvalue weighted by Crippen LogP contribution is -2.13. The molecule has 0 saturated heterocycles. The highest BCUT2D eigenvalue weighted by atomic mass is 79.9. The molecule has 1 N–H and O–H groups in total. The molecule has 0 aliphatic heterocycles. The monoisotopic (exact) mass is 300 g/mol. The third-order valence-electron chi connectivity index (χ3n) is 1.61. The zero-order chi connectivity index (χ0) is 12.2. The topological polar surface area (TPSA) is 55.0 Å². The van der Waals surface area contributed by atoms with Gasteiger partial charge in [-0.3, -0.25) is 4.79 Å². The van der Waals surface area contributed by atoms with Crippen LogP contribution in [0.15, 0.2) is 15.6 Å². The molecule has 0 amide bonds. The molecule has 0 saturated carbocycles. The molecule has 0 aliphatic carbocycles. The van der Waals surface area contributed by atoms with Gasteiger partial charge in [-0.2, -0.15) is 13.2 Å². The highest BCUT2D eigenvalue weighted by molar-refractivity contribution is 9.10. The number of hydrogen-bond donors (Lipinski definition) is 1. The Labute approximate surface area is 97.0 Å². The number of nitrogens with one attached hydrogen (secondary N) is 1. The van der Waals surface area contributed by atoms with Crippen LogP contribution in [-0.4, -0.2) is 22.8 Å². The van der Waals surface area contributed by atoms with E-state index in [1.165, 1.54) is 0 Å². The second-order valence-corrected chi connectivity index (χ2v) is 3.71. The van der Waals surface area contributed by atoms with Gasteiger partial charge in [0, 0.05) is 6.42 Å². The molecule has 0 aromatic carbocycles. The maximum atomic E-state index is 11.8. The van der Waals surface area contributed by atoms with Gasteiger partial charge in [0.2, 0.25) is 5.88 Å². The first-order valence-electron chi connectivity index (χ1n) is 4.33. The van der Waals surface area contributed by atoms with Crippen LogP contribution in [0.1, 0.15) is 12.8 Å². The Hall–Kier alpha value is -1.05. The van der Waals surface area contributed by atoms with Gasteiger partial charge in [0.1, 0.15) is 4.47 Å². The second kappa shape index (κ2) is 5.33. The van der Waals surface area contributed by atoms with Gasteiger partial charge >= 0.3 is 6.18 Å². The Morgan fingerprint density at radius 1 is 1.50 bits per heavy atom. The van der Waals surface area contributed by atoms with E-state index in [9.17, 15) is 18.0 Å². The summed E-state index contributed by atoms with van der Waals surface area (Å²) in [4.78, 5) is 17.0. The average molecular weight is 301 g/mol. The minimum absolute atomic E-state index is 0.00840. The van der Waals surface area contributed by atoms with Crippen molar-refractivity contribution in [3.05, 3.63) is 21.2 Å². The molecule has 0 bridgehead atoms. The summed E-state index contributed by atoms with van der Waals surface area (Å²) in [5.41, 5.74) is -0.444. The third kappa shape index (κ3) is 4.21. The van der Waals surface area contributed by atoms with Crippen LogP contribution in [0.2, 0.25) is 0 Å². The lowest BCUT2D eigenvalue weighted by molar-refractivity contribution is -0.136. The fourth-order valence-corrected chi connectivity index (χ4v) is 1.24. The van der Waals surface area contributed by atoms with Gasteiger partial charge < -0.3 is 9.72 Å². The maximum absolute atomic E-state index is 11.8. The Balaban J connectivity index is 2.44. The number of alkyl halides is 3. The fraction of sp³-hybridized carbons (Fsp3) is 0.500. The number of hydrogen-bond acceptors (Lipinski definition) is 3. The van der Waals surface area contributed by atoms with E-state index in [0.29, 0.717) is 0 Å². The van der Waals surface area contributed by atoms with Crippen LogP contribution in [0.25, 0.3) is 0 Å². The summed E-state index contributed by atoms with van der Waals surface area (Å²) in [6, 6.07) is 0. The van der Waals surface area contributed by atoms with Gasteiger partial charge in [-0.25, -0.2) is 4.98 Å². The average Bonchev–Trinajstić information content (AvgIpc) is 2.17. The predicted octanol–water partition coefficient (Wildman–Crippen LogP) is 2.25. The molecule has 0 spiro atoms. The molecule has 90 valence electrons. The molecule has 0 fully saturated rings. The molecule has 0 aliphatic rings. The zero-order valence-corrected chi connectivity index (χ0v) is 9.56. The van der Waals surface area contributed by atoms with E-state index >= 15 is 0 Å².